The van der Waals surface area contributed by atoms with Crippen molar-refractivity contribution in [1.29, 1.82) is 0 Å². The Balaban J connectivity index is 1.48. The Kier molecular flexibility index (Phi) is 11.8. The molecule has 1 fully saturated rings. The Morgan fingerprint density at radius 1 is 0.688 bits per heavy atom. The van der Waals surface area contributed by atoms with Gasteiger partial charge in [0.25, 0.3) is 5.91 Å². The van der Waals surface area contributed by atoms with Crippen molar-refractivity contribution < 1.29 is 33.2 Å². The molecule has 3 aromatic rings. The van der Waals surface area contributed by atoms with Crippen LogP contribution in [-0.4, -0.2) is 67.2 Å². The number of ether oxygens (including phenoxy) is 1. The van der Waals surface area contributed by atoms with Crippen molar-refractivity contribution >= 4 is 36.3 Å². The van der Waals surface area contributed by atoms with Crippen LogP contribution in [0.25, 0.3) is 0 Å². The molecule has 0 unspecified atom stereocenters. The first-order chi connectivity index (χ1) is 22.7. The van der Waals surface area contributed by atoms with Gasteiger partial charge < -0.3 is 30.0 Å². The molecule has 4 rings (SSSR count). The largest absolute Gasteiger partial charge is 0.494 e. The minimum atomic E-state index is -1.04. The first-order valence-corrected chi connectivity index (χ1v) is 16.2. The van der Waals surface area contributed by atoms with Gasteiger partial charge in [0.15, 0.2) is 0 Å². The average Bonchev–Trinajstić information content (AvgIpc) is 3.29. The van der Waals surface area contributed by atoms with E-state index in [1.54, 1.807) is 24.3 Å². The number of carbonyl (C=O) groups is 4. The van der Waals surface area contributed by atoms with Gasteiger partial charge in [-0.25, -0.2) is 4.79 Å². The summed E-state index contributed by atoms with van der Waals surface area (Å²) in [5.41, 5.74) is 1.78. The van der Waals surface area contributed by atoms with E-state index in [1.807, 2.05) is 102 Å². The zero-order valence-electron chi connectivity index (χ0n) is 28.7. The van der Waals surface area contributed by atoms with Gasteiger partial charge in [-0.05, 0) is 62.3 Å². The van der Waals surface area contributed by atoms with E-state index in [4.69, 9.17) is 14.0 Å². The molecule has 0 aromatic heterocycles. The number of nitrogens with one attached hydrogen (secondary N) is 3. The van der Waals surface area contributed by atoms with E-state index >= 15 is 0 Å². The van der Waals surface area contributed by atoms with E-state index in [9.17, 15) is 19.2 Å². The van der Waals surface area contributed by atoms with Crippen LogP contribution in [0.2, 0.25) is 0 Å². The molecule has 3 atom stereocenters. The van der Waals surface area contributed by atoms with Gasteiger partial charge in [0.1, 0.15) is 18.1 Å². The van der Waals surface area contributed by atoms with Gasteiger partial charge in [-0.15, -0.1) is 0 Å². The van der Waals surface area contributed by atoms with Crippen LogP contribution in [0.15, 0.2) is 84.9 Å². The summed E-state index contributed by atoms with van der Waals surface area (Å²) in [4.78, 5) is 53.5. The molecular weight excluding hydrogens is 609 g/mol. The van der Waals surface area contributed by atoms with Crippen molar-refractivity contribution in [2.75, 3.05) is 7.11 Å². The minimum Gasteiger partial charge on any atom is -0.467 e. The Morgan fingerprint density at radius 2 is 1.17 bits per heavy atom. The monoisotopic (exact) mass is 655 g/mol. The third-order valence-corrected chi connectivity index (χ3v) is 8.93. The lowest BCUT2D eigenvalue weighted by Crippen LogP contribution is -2.57. The maximum Gasteiger partial charge on any atom is 0.494 e. The Morgan fingerprint density at radius 3 is 1.65 bits per heavy atom. The van der Waals surface area contributed by atoms with Crippen molar-refractivity contribution in [3.8, 4) is 0 Å². The quantitative estimate of drug-likeness (QED) is 0.190. The second-order valence-electron chi connectivity index (χ2n) is 13.4. The highest BCUT2D eigenvalue weighted by Gasteiger charge is 2.51. The second-order valence-corrected chi connectivity index (χ2v) is 13.4. The van der Waals surface area contributed by atoms with Crippen molar-refractivity contribution in [3.63, 3.8) is 0 Å². The Hall–Kier alpha value is -4.48. The molecule has 0 saturated carbocycles. The summed E-state index contributed by atoms with van der Waals surface area (Å²) < 4.78 is 17.2. The zero-order chi connectivity index (χ0) is 35.1. The highest BCUT2D eigenvalue weighted by atomic mass is 16.7. The molecule has 3 N–H and O–H groups in total. The summed E-state index contributed by atoms with van der Waals surface area (Å²) in [7, 11) is 0.692. The van der Waals surface area contributed by atoms with E-state index in [-0.39, 0.29) is 18.8 Å². The fourth-order valence-corrected chi connectivity index (χ4v) is 5.31. The molecule has 3 amide bonds. The molecule has 1 heterocycles. The highest BCUT2D eigenvalue weighted by molar-refractivity contribution is 6.62. The molecule has 1 aliphatic heterocycles. The number of esters is 1. The molecule has 0 bridgehead atoms. The minimum absolute atomic E-state index is 0.163. The first-order valence-electron chi connectivity index (χ1n) is 16.2. The standard InChI is InChI=1S/C37H46BN3O7/c1-24(2)31(41-32(42)27-18-20-28(21-19-27)38-47-36(3,4)37(5,6)48-38)34(44)39-29(22-25-14-10-8-11-15-25)33(43)40-30(35(45)46-7)23-26-16-12-9-13-17-26/h8-21,24,29-31H,22-23H2,1-7H3,(H,39,44)(H,40,43)(H,41,42)/t29-,30-,31-/m0/s1. The van der Waals surface area contributed by atoms with Crippen molar-refractivity contribution in [3.05, 3.63) is 102 Å². The molecule has 0 aliphatic carbocycles. The van der Waals surface area contributed by atoms with E-state index in [0.717, 1.165) is 16.6 Å². The van der Waals surface area contributed by atoms with Crippen molar-refractivity contribution in [2.45, 2.75) is 83.7 Å². The summed E-state index contributed by atoms with van der Waals surface area (Å²) in [5.74, 6) is -2.43. The molecule has 10 nitrogen and oxygen atoms in total. The summed E-state index contributed by atoms with van der Waals surface area (Å²) in [6.07, 6.45) is 0.375. The van der Waals surface area contributed by atoms with Gasteiger partial charge in [0.2, 0.25) is 11.8 Å². The molecule has 0 spiro atoms. The maximum absolute atomic E-state index is 13.7. The van der Waals surface area contributed by atoms with Gasteiger partial charge >= 0.3 is 13.1 Å². The maximum atomic E-state index is 13.7. The average molecular weight is 656 g/mol. The van der Waals surface area contributed by atoms with Crippen LogP contribution in [0.3, 0.4) is 0 Å². The van der Waals surface area contributed by atoms with Gasteiger partial charge in [-0.3, -0.25) is 14.4 Å². The van der Waals surface area contributed by atoms with E-state index in [1.165, 1.54) is 7.11 Å². The van der Waals surface area contributed by atoms with Gasteiger partial charge in [-0.2, -0.15) is 0 Å². The van der Waals surface area contributed by atoms with Crippen LogP contribution < -0.4 is 21.4 Å². The van der Waals surface area contributed by atoms with E-state index in [0.29, 0.717) is 5.56 Å². The molecule has 254 valence electrons. The number of amides is 3. The van der Waals surface area contributed by atoms with Gasteiger partial charge in [-0.1, -0.05) is 86.6 Å². The molecular formula is C37H46BN3O7. The number of hydrogen-bond donors (Lipinski definition) is 3. The smallest absolute Gasteiger partial charge is 0.467 e. The van der Waals surface area contributed by atoms with Crippen LogP contribution in [0.1, 0.15) is 63.0 Å². The molecule has 3 aromatic carbocycles. The topological polar surface area (TPSA) is 132 Å². The van der Waals surface area contributed by atoms with Crippen LogP contribution >= 0.6 is 0 Å². The number of benzene rings is 3. The van der Waals surface area contributed by atoms with Crippen LogP contribution in [0.4, 0.5) is 0 Å². The summed E-state index contributed by atoms with van der Waals surface area (Å²) in [5, 5.41) is 8.46. The van der Waals surface area contributed by atoms with E-state index < -0.39 is 60.1 Å². The number of carbonyl (C=O) groups excluding carboxylic acids is 4. The fraction of sp³-hybridized carbons (Fsp3) is 0.405. The lowest BCUT2D eigenvalue weighted by molar-refractivity contribution is -0.145. The van der Waals surface area contributed by atoms with Crippen LogP contribution in [0.5, 0.6) is 0 Å². The molecule has 48 heavy (non-hydrogen) atoms. The van der Waals surface area contributed by atoms with Gasteiger partial charge in [0.05, 0.1) is 18.3 Å². The zero-order valence-corrected chi connectivity index (χ0v) is 28.7. The third kappa shape index (κ3) is 9.11. The number of methoxy groups -OCH3 is 1. The lowest BCUT2D eigenvalue weighted by atomic mass is 9.79. The normalized spacial score (nSPS) is 16.8. The van der Waals surface area contributed by atoms with Crippen molar-refractivity contribution in [2.24, 2.45) is 5.92 Å². The summed E-state index contributed by atoms with van der Waals surface area (Å²) in [6.45, 7) is 11.5. The molecule has 1 aliphatic rings. The number of rotatable bonds is 13. The molecule has 11 heteroatoms. The van der Waals surface area contributed by atoms with Gasteiger partial charge in [0, 0.05) is 18.4 Å². The van der Waals surface area contributed by atoms with Crippen LogP contribution in [0, 0.1) is 5.92 Å². The number of hydrogen-bond acceptors (Lipinski definition) is 7. The Bertz CT molecular complexity index is 1550. The van der Waals surface area contributed by atoms with Crippen molar-refractivity contribution in [1.82, 2.24) is 16.0 Å². The SMILES string of the molecule is COC(=O)[C@H](Cc1ccccc1)NC(=O)[C@H](Cc1ccccc1)NC(=O)[C@@H](NC(=O)c1ccc(B2OC(C)(C)C(C)(C)O2)cc1)C(C)C. The molecule has 1 saturated heterocycles. The predicted octanol–water partition coefficient (Wildman–Crippen LogP) is 3.37. The second kappa shape index (κ2) is 15.6. The summed E-state index contributed by atoms with van der Waals surface area (Å²) >= 11 is 0. The van der Waals surface area contributed by atoms with E-state index in [2.05, 4.69) is 16.0 Å². The third-order valence-electron chi connectivity index (χ3n) is 8.93. The first kappa shape index (κ1) is 36.4. The predicted molar refractivity (Wildman–Crippen MR) is 184 cm³/mol. The molecule has 0 radical (unpaired) electrons. The fourth-order valence-electron chi connectivity index (χ4n) is 5.31. The lowest BCUT2D eigenvalue weighted by Gasteiger charge is -2.32. The van der Waals surface area contributed by atoms with Crippen LogP contribution in [-0.2, 0) is 41.3 Å². The Labute approximate surface area is 283 Å². The highest BCUT2D eigenvalue weighted by Crippen LogP contribution is 2.36. The summed E-state index contributed by atoms with van der Waals surface area (Å²) in [6, 6.07) is 22.4.